The predicted octanol–water partition coefficient (Wildman–Crippen LogP) is 2.44. The summed E-state index contributed by atoms with van der Waals surface area (Å²) in [5, 5.41) is 16.0. The van der Waals surface area contributed by atoms with E-state index in [0.29, 0.717) is 12.2 Å². The van der Waals surface area contributed by atoms with E-state index in [2.05, 4.69) is 15.2 Å². The SMILES string of the molecule is O=C(C=C(O)c1ncn[nH]1)c1cccn1Cc1ccccc1. The zero-order chi connectivity index (χ0) is 15.4. The average molecular weight is 294 g/mol. The molecule has 1 aromatic carbocycles. The van der Waals surface area contributed by atoms with E-state index >= 15 is 0 Å². The van der Waals surface area contributed by atoms with Crippen molar-refractivity contribution in [2.24, 2.45) is 0 Å². The van der Waals surface area contributed by atoms with Gasteiger partial charge in [0, 0.05) is 18.8 Å². The van der Waals surface area contributed by atoms with Crippen molar-refractivity contribution >= 4 is 11.5 Å². The summed E-state index contributed by atoms with van der Waals surface area (Å²) < 4.78 is 1.84. The quantitative estimate of drug-likeness (QED) is 0.430. The molecule has 0 aliphatic rings. The fourth-order valence-corrected chi connectivity index (χ4v) is 2.15. The van der Waals surface area contributed by atoms with Crippen molar-refractivity contribution < 1.29 is 9.90 Å². The summed E-state index contributed by atoms with van der Waals surface area (Å²) in [5.41, 5.74) is 1.59. The lowest BCUT2D eigenvalue weighted by atomic mass is 10.2. The van der Waals surface area contributed by atoms with Gasteiger partial charge >= 0.3 is 0 Å². The van der Waals surface area contributed by atoms with Crippen molar-refractivity contribution in [1.82, 2.24) is 19.7 Å². The standard InChI is InChI=1S/C16H14N4O2/c21-14(9-15(22)16-17-11-18-19-16)13-7-4-8-20(13)10-12-5-2-1-3-6-12/h1-9,11,22H,10H2,(H,17,18,19). The molecule has 0 atom stereocenters. The molecule has 22 heavy (non-hydrogen) atoms. The molecule has 6 nitrogen and oxygen atoms in total. The van der Waals surface area contributed by atoms with E-state index in [1.807, 2.05) is 41.1 Å². The van der Waals surface area contributed by atoms with Crippen molar-refractivity contribution in [3.63, 3.8) is 0 Å². The highest BCUT2D eigenvalue weighted by atomic mass is 16.3. The van der Waals surface area contributed by atoms with Crippen LogP contribution in [-0.4, -0.2) is 30.6 Å². The van der Waals surface area contributed by atoms with Gasteiger partial charge in [-0.2, -0.15) is 5.10 Å². The zero-order valence-corrected chi connectivity index (χ0v) is 11.7. The molecule has 2 heterocycles. The number of aromatic amines is 1. The Balaban J connectivity index is 1.82. The first-order valence-corrected chi connectivity index (χ1v) is 6.74. The van der Waals surface area contributed by atoms with Crippen LogP contribution in [0.5, 0.6) is 0 Å². The van der Waals surface area contributed by atoms with Gasteiger partial charge in [-0.3, -0.25) is 9.89 Å². The molecule has 0 fully saturated rings. The van der Waals surface area contributed by atoms with Gasteiger partial charge in [-0.25, -0.2) is 4.98 Å². The van der Waals surface area contributed by atoms with Crippen LogP contribution < -0.4 is 0 Å². The van der Waals surface area contributed by atoms with Gasteiger partial charge < -0.3 is 9.67 Å². The summed E-state index contributed by atoms with van der Waals surface area (Å²) in [7, 11) is 0. The van der Waals surface area contributed by atoms with Crippen molar-refractivity contribution in [2.75, 3.05) is 0 Å². The minimum absolute atomic E-state index is 0.162. The Hall–Kier alpha value is -3.15. The van der Waals surface area contributed by atoms with Crippen molar-refractivity contribution in [2.45, 2.75) is 6.54 Å². The molecular weight excluding hydrogens is 280 g/mol. The van der Waals surface area contributed by atoms with E-state index in [1.54, 1.807) is 12.1 Å². The molecule has 2 aromatic heterocycles. The number of nitrogens with one attached hydrogen (secondary N) is 1. The Morgan fingerprint density at radius 3 is 2.77 bits per heavy atom. The molecule has 6 heteroatoms. The van der Waals surface area contributed by atoms with Crippen molar-refractivity contribution in [1.29, 1.82) is 0 Å². The fourth-order valence-electron chi connectivity index (χ4n) is 2.15. The Morgan fingerprint density at radius 2 is 2.05 bits per heavy atom. The predicted molar refractivity (Wildman–Crippen MR) is 81.3 cm³/mol. The monoisotopic (exact) mass is 294 g/mol. The van der Waals surface area contributed by atoms with Gasteiger partial charge in [-0.05, 0) is 17.7 Å². The number of hydrogen-bond acceptors (Lipinski definition) is 4. The minimum atomic E-state index is -0.296. The van der Waals surface area contributed by atoms with Crippen LogP contribution in [0.25, 0.3) is 5.76 Å². The third-order valence-electron chi connectivity index (χ3n) is 3.20. The second-order valence-corrected chi connectivity index (χ2v) is 4.73. The summed E-state index contributed by atoms with van der Waals surface area (Å²) in [6.45, 7) is 0.589. The lowest BCUT2D eigenvalue weighted by molar-refractivity contribution is 0.103. The number of benzene rings is 1. The average Bonchev–Trinajstić information content (AvgIpc) is 3.19. The Morgan fingerprint density at radius 1 is 1.23 bits per heavy atom. The van der Waals surface area contributed by atoms with Gasteiger partial charge in [0.1, 0.15) is 6.33 Å². The number of aromatic nitrogens is 4. The maximum Gasteiger partial charge on any atom is 0.206 e. The second kappa shape index (κ2) is 6.09. The Kier molecular flexibility index (Phi) is 3.82. The maximum atomic E-state index is 12.3. The molecule has 2 N–H and O–H groups in total. The highest BCUT2D eigenvalue weighted by Gasteiger charge is 2.12. The van der Waals surface area contributed by atoms with E-state index in [-0.39, 0.29) is 17.4 Å². The summed E-state index contributed by atoms with van der Waals surface area (Å²) in [5.74, 6) is -0.376. The molecule has 0 radical (unpaired) electrons. The van der Waals surface area contributed by atoms with Crippen LogP contribution in [0.3, 0.4) is 0 Å². The number of ketones is 1. The molecule has 0 aliphatic carbocycles. The van der Waals surface area contributed by atoms with E-state index in [9.17, 15) is 9.90 Å². The number of hydrogen-bond donors (Lipinski definition) is 2. The lowest BCUT2D eigenvalue weighted by Gasteiger charge is -2.07. The molecule has 0 saturated heterocycles. The number of carbonyl (C=O) groups is 1. The first kappa shape index (κ1) is 13.8. The highest BCUT2D eigenvalue weighted by Crippen LogP contribution is 2.11. The number of H-pyrrole nitrogens is 1. The summed E-state index contributed by atoms with van der Waals surface area (Å²) in [6.07, 6.45) is 4.23. The van der Waals surface area contributed by atoms with Crippen molar-refractivity contribution in [3.05, 3.63) is 78.1 Å². The molecule has 3 aromatic rings. The molecule has 3 rings (SSSR count). The number of aliphatic hydroxyl groups is 1. The Bertz CT molecular complexity index is 789. The van der Waals surface area contributed by atoms with Crippen molar-refractivity contribution in [3.8, 4) is 0 Å². The highest BCUT2D eigenvalue weighted by molar-refractivity contribution is 6.06. The second-order valence-electron chi connectivity index (χ2n) is 4.73. The van der Waals surface area contributed by atoms with E-state index in [0.717, 1.165) is 11.6 Å². The van der Waals surface area contributed by atoms with Gasteiger partial charge in [0.15, 0.2) is 11.6 Å². The third kappa shape index (κ3) is 2.95. The van der Waals surface area contributed by atoms with Crippen LogP contribution in [0.4, 0.5) is 0 Å². The first-order valence-electron chi connectivity index (χ1n) is 6.74. The molecule has 0 spiro atoms. The van der Waals surface area contributed by atoms with Gasteiger partial charge in [-0.15, -0.1) is 0 Å². The number of allylic oxidation sites excluding steroid dienone is 1. The number of carbonyl (C=O) groups excluding carboxylic acids is 1. The van der Waals surface area contributed by atoms with Crippen LogP contribution in [0, 0.1) is 0 Å². The normalized spacial score (nSPS) is 11.5. The fraction of sp³-hybridized carbons (Fsp3) is 0.0625. The van der Waals surface area contributed by atoms with Crippen LogP contribution >= 0.6 is 0 Å². The Labute approximate surface area is 126 Å². The lowest BCUT2D eigenvalue weighted by Crippen LogP contribution is -2.08. The van der Waals surface area contributed by atoms with Crippen LogP contribution in [-0.2, 0) is 6.54 Å². The van der Waals surface area contributed by atoms with Crippen LogP contribution in [0.1, 0.15) is 21.9 Å². The molecule has 110 valence electrons. The van der Waals surface area contributed by atoms with E-state index < -0.39 is 0 Å². The largest absolute Gasteiger partial charge is 0.504 e. The van der Waals surface area contributed by atoms with Gasteiger partial charge in [0.05, 0.1) is 5.69 Å². The van der Waals surface area contributed by atoms with Gasteiger partial charge in [0.25, 0.3) is 0 Å². The van der Waals surface area contributed by atoms with Crippen LogP contribution in [0.15, 0.2) is 61.1 Å². The molecule has 0 bridgehead atoms. The summed E-state index contributed by atoms with van der Waals surface area (Å²) >= 11 is 0. The van der Waals surface area contributed by atoms with E-state index in [1.165, 1.54) is 6.33 Å². The first-order chi connectivity index (χ1) is 10.7. The van der Waals surface area contributed by atoms with E-state index in [4.69, 9.17) is 0 Å². The third-order valence-corrected chi connectivity index (χ3v) is 3.20. The minimum Gasteiger partial charge on any atom is -0.504 e. The molecule has 0 saturated carbocycles. The number of aliphatic hydroxyl groups excluding tert-OH is 1. The summed E-state index contributed by atoms with van der Waals surface area (Å²) in [6, 6.07) is 13.4. The molecule has 0 aliphatic heterocycles. The topological polar surface area (TPSA) is 83.8 Å². The molecule has 0 unspecified atom stereocenters. The maximum absolute atomic E-state index is 12.3. The number of rotatable bonds is 5. The van der Waals surface area contributed by atoms with Gasteiger partial charge in [0.2, 0.25) is 5.78 Å². The molecular formula is C16H14N4O2. The van der Waals surface area contributed by atoms with Gasteiger partial charge in [-0.1, -0.05) is 30.3 Å². The zero-order valence-electron chi connectivity index (χ0n) is 11.7. The summed E-state index contributed by atoms with van der Waals surface area (Å²) in [4.78, 5) is 16.1. The van der Waals surface area contributed by atoms with Crippen LogP contribution in [0.2, 0.25) is 0 Å². The number of nitrogens with zero attached hydrogens (tertiary/aromatic N) is 3. The smallest absolute Gasteiger partial charge is 0.206 e. The molecule has 0 amide bonds.